The number of phenolic OH excluding ortho intramolecular Hbond substituents is 1. The Bertz CT molecular complexity index is 1490. The second-order valence-corrected chi connectivity index (χ2v) is 9.20. The Balaban J connectivity index is 1.71. The van der Waals surface area contributed by atoms with Crippen molar-refractivity contribution >= 4 is 44.1 Å². The molecule has 1 unspecified atom stereocenters. The van der Waals surface area contributed by atoms with E-state index in [1.54, 1.807) is 36.4 Å². The average Bonchev–Trinajstić information content (AvgIpc) is 3.37. The highest BCUT2D eigenvalue weighted by Gasteiger charge is 2.48. The number of Topliss-reactive ketones (excluding diaryl/α,β-unsaturated/α-hetero) is 1. The third-order valence-corrected chi connectivity index (χ3v) is 6.83. The van der Waals surface area contributed by atoms with Gasteiger partial charge in [0.05, 0.1) is 28.4 Å². The maximum atomic E-state index is 13.3. The molecule has 1 aliphatic heterocycles. The van der Waals surface area contributed by atoms with Crippen LogP contribution in [-0.2, 0) is 9.59 Å². The number of carbonyl (C=O) groups is 2. The zero-order chi connectivity index (χ0) is 24.7. The van der Waals surface area contributed by atoms with Gasteiger partial charge in [-0.2, -0.15) is 0 Å². The van der Waals surface area contributed by atoms with Crippen LogP contribution in [0.25, 0.3) is 16.0 Å². The number of amides is 1. The SMILES string of the molecule is CCOc1cccc(/C(O)=C2\C(=O)C(=O)N(c3nc4ccc(C)cc4s3)C2c2ccc(O)cc2)c1. The molecule has 1 amide bonds. The lowest BCUT2D eigenvalue weighted by Gasteiger charge is -2.23. The van der Waals surface area contributed by atoms with Crippen molar-refractivity contribution in [3.8, 4) is 11.5 Å². The summed E-state index contributed by atoms with van der Waals surface area (Å²) in [5.41, 5.74) is 2.63. The zero-order valence-corrected chi connectivity index (χ0v) is 19.9. The number of thiazole rings is 1. The molecule has 0 bridgehead atoms. The summed E-state index contributed by atoms with van der Waals surface area (Å²) < 4.78 is 6.42. The molecule has 0 saturated carbocycles. The molecule has 7 nitrogen and oxygen atoms in total. The van der Waals surface area contributed by atoms with E-state index in [9.17, 15) is 19.8 Å². The van der Waals surface area contributed by atoms with Gasteiger partial charge in [-0.15, -0.1) is 0 Å². The number of benzene rings is 3. The van der Waals surface area contributed by atoms with Crippen LogP contribution in [0.5, 0.6) is 11.5 Å². The summed E-state index contributed by atoms with van der Waals surface area (Å²) in [6, 6.07) is 17.8. The van der Waals surface area contributed by atoms with E-state index in [0.29, 0.717) is 34.1 Å². The summed E-state index contributed by atoms with van der Waals surface area (Å²) in [6.07, 6.45) is 0. The molecule has 1 aliphatic rings. The van der Waals surface area contributed by atoms with Crippen molar-refractivity contribution in [2.24, 2.45) is 0 Å². The topological polar surface area (TPSA) is 100.0 Å². The van der Waals surface area contributed by atoms with Gasteiger partial charge in [0.25, 0.3) is 5.78 Å². The second kappa shape index (κ2) is 8.88. The number of anilines is 1. The first kappa shape index (κ1) is 22.6. The van der Waals surface area contributed by atoms with E-state index >= 15 is 0 Å². The first-order valence-corrected chi connectivity index (χ1v) is 11.9. The fourth-order valence-corrected chi connectivity index (χ4v) is 5.27. The summed E-state index contributed by atoms with van der Waals surface area (Å²) in [4.78, 5) is 32.6. The van der Waals surface area contributed by atoms with Crippen LogP contribution in [-0.4, -0.2) is 33.5 Å². The van der Waals surface area contributed by atoms with Crippen molar-refractivity contribution in [3.63, 3.8) is 0 Å². The van der Waals surface area contributed by atoms with Gasteiger partial charge in [-0.25, -0.2) is 4.98 Å². The largest absolute Gasteiger partial charge is 0.508 e. The van der Waals surface area contributed by atoms with Crippen LogP contribution in [0.1, 0.15) is 29.7 Å². The van der Waals surface area contributed by atoms with Gasteiger partial charge >= 0.3 is 5.91 Å². The normalized spacial score (nSPS) is 17.3. The van der Waals surface area contributed by atoms with Gasteiger partial charge in [0, 0.05) is 5.56 Å². The minimum atomic E-state index is -0.923. The molecular formula is C27H22N2O5S. The minimum Gasteiger partial charge on any atom is -0.508 e. The average molecular weight is 487 g/mol. The van der Waals surface area contributed by atoms with Gasteiger partial charge in [0.15, 0.2) is 5.13 Å². The van der Waals surface area contributed by atoms with Gasteiger partial charge in [-0.3, -0.25) is 14.5 Å². The summed E-state index contributed by atoms with van der Waals surface area (Å²) in [6.45, 7) is 4.26. The standard InChI is InChI=1S/C27H22N2O5S/c1-3-34-19-6-4-5-17(14-19)24(31)22-23(16-8-10-18(30)11-9-16)29(26(33)25(22)32)27-28-20-12-7-15(2)13-21(20)35-27/h4-14,23,30-31H,3H2,1-2H3/b24-22+. The Morgan fingerprint density at radius 3 is 2.60 bits per heavy atom. The summed E-state index contributed by atoms with van der Waals surface area (Å²) >= 11 is 1.30. The minimum absolute atomic E-state index is 0.0468. The third kappa shape index (κ3) is 4.02. The number of aromatic nitrogens is 1. The fourth-order valence-electron chi connectivity index (χ4n) is 4.18. The number of carbonyl (C=O) groups excluding carboxylic acids is 2. The molecule has 35 heavy (non-hydrogen) atoms. The quantitative estimate of drug-likeness (QED) is 0.225. The van der Waals surface area contributed by atoms with Crippen LogP contribution in [0.3, 0.4) is 0 Å². The summed E-state index contributed by atoms with van der Waals surface area (Å²) in [7, 11) is 0. The number of ether oxygens (including phenoxy) is 1. The maximum absolute atomic E-state index is 13.3. The number of aliphatic hydroxyl groups is 1. The van der Waals surface area contributed by atoms with Gasteiger partial charge in [0.1, 0.15) is 17.3 Å². The Hall–Kier alpha value is -4.17. The van der Waals surface area contributed by atoms with Crippen molar-refractivity contribution in [1.29, 1.82) is 0 Å². The molecule has 5 rings (SSSR count). The van der Waals surface area contributed by atoms with E-state index in [2.05, 4.69) is 4.98 Å². The molecule has 0 radical (unpaired) electrons. The highest BCUT2D eigenvalue weighted by atomic mass is 32.1. The van der Waals surface area contributed by atoms with E-state index < -0.39 is 17.7 Å². The molecule has 1 saturated heterocycles. The number of hydrogen-bond acceptors (Lipinski definition) is 7. The first-order chi connectivity index (χ1) is 16.9. The number of nitrogens with zero attached hydrogens (tertiary/aromatic N) is 2. The zero-order valence-electron chi connectivity index (χ0n) is 19.1. The van der Waals surface area contributed by atoms with Crippen molar-refractivity contribution in [3.05, 3.63) is 89.0 Å². The van der Waals surface area contributed by atoms with Gasteiger partial charge < -0.3 is 14.9 Å². The van der Waals surface area contributed by atoms with Crippen LogP contribution >= 0.6 is 11.3 Å². The molecule has 4 aromatic rings. The van der Waals surface area contributed by atoms with E-state index in [-0.39, 0.29) is 17.1 Å². The number of aryl methyl sites for hydroxylation is 1. The van der Waals surface area contributed by atoms with E-state index in [1.165, 1.54) is 28.4 Å². The first-order valence-electron chi connectivity index (χ1n) is 11.1. The predicted octanol–water partition coefficient (Wildman–Crippen LogP) is 5.34. The molecule has 2 N–H and O–H groups in total. The maximum Gasteiger partial charge on any atom is 0.301 e. The lowest BCUT2D eigenvalue weighted by molar-refractivity contribution is -0.132. The van der Waals surface area contributed by atoms with E-state index in [0.717, 1.165) is 10.3 Å². The molecule has 2 heterocycles. The van der Waals surface area contributed by atoms with Crippen LogP contribution in [0.2, 0.25) is 0 Å². The van der Waals surface area contributed by atoms with Gasteiger partial charge in [0.2, 0.25) is 0 Å². The van der Waals surface area contributed by atoms with Crippen LogP contribution in [0.15, 0.2) is 72.3 Å². The summed E-state index contributed by atoms with van der Waals surface area (Å²) in [5.74, 6) is -1.30. The molecule has 176 valence electrons. The summed E-state index contributed by atoms with van der Waals surface area (Å²) in [5, 5.41) is 21.4. The number of rotatable bonds is 5. The molecule has 8 heteroatoms. The monoisotopic (exact) mass is 486 g/mol. The highest BCUT2D eigenvalue weighted by Crippen LogP contribution is 2.44. The second-order valence-electron chi connectivity index (χ2n) is 8.19. The Morgan fingerprint density at radius 1 is 1.09 bits per heavy atom. The number of phenols is 1. The number of aromatic hydroxyl groups is 1. The molecule has 0 spiro atoms. The Kier molecular flexibility index (Phi) is 5.74. The molecule has 0 aliphatic carbocycles. The lowest BCUT2D eigenvalue weighted by atomic mass is 9.95. The number of aliphatic hydroxyl groups excluding tert-OH is 1. The van der Waals surface area contributed by atoms with Gasteiger partial charge in [-0.05, 0) is 61.4 Å². The number of ketones is 1. The van der Waals surface area contributed by atoms with Crippen LogP contribution in [0, 0.1) is 6.92 Å². The molecule has 1 atom stereocenters. The molecule has 1 aromatic heterocycles. The number of hydrogen-bond donors (Lipinski definition) is 2. The van der Waals surface area contributed by atoms with Crippen molar-refractivity contribution < 1.29 is 24.5 Å². The third-order valence-electron chi connectivity index (χ3n) is 5.81. The van der Waals surface area contributed by atoms with Gasteiger partial charge in [-0.1, -0.05) is 41.7 Å². The Labute approximate surface area is 205 Å². The smallest absolute Gasteiger partial charge is 0.301 e. The molecule has 3 aromatic carbocycles. The van der Waals surface area contributed by atoms with E-state index in [1.807, 2.05) is 32.0 Å². The molecular weight excluding hydrogens is 464 g/mol. The van der Waals surface area contributed by atoms with Crippen LogP contribution < -0.4 is 9.64 Å². The van der Waals surface area contributed by atoms with Crippen LogP contribution in [0.4, 0.5) is 5.13 Å². The van der Waals surface area contributed by atoms with Crippen molar-refractivity contribution in [1.82, 2.24) is 4.98 Å². The van der Waals surface area contributed by atoms with E-state index in [4.69, 9.17) is 4.74 Å². The highest BCUT2D eigenvalue weighted by molar-refractivity contribution is 7.22. The predicted molar refractivity (Wildman–Crippen MR) is 135 cm³/mol. The molecule has 1 fully saturated rings. The fraction of sp³-hybridized carbons (Fsp3) is 0.148. The lowest BCUT2D eigenvalue weighted by Crippen LogP contribution is -2.29. The Morgan fingerprint density at radius 2 is 1.86 bits per heavy atom. The van der Waals surface area contributed by atoms with Crippen molar-refractivity contribution in [2.75, 3.05) is 11.5 Å². The number of fused-ring (bicyclic) bond motifs is 1. The van der Waals surface area contributed by atoms with Crippen molar-refractivity contribution in [2.45, 2.75) is 19.9 Å².